The summed E-state index contributed by atoms with van der Waals surface area (Å²) in [6.07, 6.45) is 1.47. The molecule has 3 N–H and O–H groups in total. The number of methoxy groups -OCH3 is 1. The third-order valence-electron chi connectivity index (χ3n) is 6.31. The maximum Gasteiger partial charge on any atom is 0.323 e. The van der Waals surface area contributed by atoms with E-state index in [1.54, 1.807) is 6.92 Å². The second kappa shape index (κ2) is 13.3. The summed E-state index contributed by atoms with van der Waals surface area (Å²) in [4.78, 5) is 50.7. The lowest BCUT2D eigenvalue weighted by atomic mass is 9.87. The topological polar surface area (TPSA) is 163 Å². The highest BCUT2D eigenvalue weighted by molar-refractivity contribution is 5.96. The van der Waals surface area contributed by atoms with Gasteiger partial charge in [-0.25, -0.2) is 4.39 Å². The quantitative estimate of drug-likeness (QED) is 0.371. The van der Waals surface area contributed by atoms with Crippen LogP contribution in [0.3, 0.4) is 0 Å². The molecule has 3 rings (SSSR count). The predicted octanol–water partition coefficient (Wildman–Crippen LogP) is 1.57. The second-order valence-electron chi connectivity index (χ2n) is 9.19. The largest absolute Gasteiger partial charge is 0.468 e. The van der Waals surface area contributed by atoms with Crippen molar-refractivity contribution in [2.45, 2.75) is 51.1 Å². The lowest BCUT2D eigenvalue weighted by molar-refractivity contribution is -0.144. The van der Waals surface area contributed by atoms with E-state index >= 15 is 0 Å². The molecule has 1 aliphatic rings. The van der Waals surface area contributed by atoms with Crippen molar-refractivity contribution in [1.82, 2.24) is 21.1 Å². The Morgan fingerprint density at radius 2 is 2.03 bits per heavy atom. The van der Waals surface area contributed by atoms with E-state index in [-0.39, 0.29) is 30.9 Å². The Balaban J connectivity index is 1.82. The molecule has 4 atom stereocenters. The van der Waals surface area contributed by atoms with Gasteiger partial charge in [0.25, 0.3) is 5.91 Å². The molecule has 2 aromatic rings. The van der Waals surface area contributed by atoms with Gasteiger partial charge in [0.2, 0.25) is 11.8 Å². The van der Waals surface area contributed by atoms with E-state index in [1.807, 2.05) is 6.07 Å². The molecular formula is C26H30FN5O6. The van der Waals surface area contributed by atoms with Crippen LogP contribution in [0.25, 0.3) is 0 Å². The summed E-state index contributed by atoms with van der Waals surface area (Å²) < 4.78 is 23.1. The molecule has 2 heterocycles. The highest BCUT2D eigenvalue weighted by Crippen LogP contribution is 2.22. The first-order valence-corrected chi connectivity index (χ1v) is 12.2. The minimum atomic E-state index is -1.17. The molecular weight excluding hydrogens is 497 g/mol. The zero-order valence-electron chi connectivity index (χ0n) is 21.2. The first kappa shape index (κ1) is 28.3. The maximum absolute atomic E-state index is 13.5. The van der Waals surface area contributed by atoms with Gasteiger partial charge >= 0.3 is 5.97 Å². The van der Waals surface area contributed by atoms with Crippen molar-refractivity contribution in [3.8, 4) is 6.07 Å². The zero-order chi connectivity index (χ0) is 27.7. The second-order valence-corrected chi connectivity index (χ2v) is 9.19. The third-order valence-corrected chi connectivity index (χ3v) is 6.31. The number of hydrogen-bond acceptors (Lipinski definition) is 8. The monoisotopic (exact) mass is 527 g/mol. The number of nitrogens with one attached hydrogen (secondary N) is 3. The number of aryl methyl sites for hydroxylation is 1. The fraction of sp³-hybridized carbons (Fsp3) is 0.462. The number of nitriles is 1. The molecule has 202 valence electrons. The molecule has 1 aromatic carbocycles. The van der Waals surface area contributed by atoms with Crippen LogP contribution in [0.15, 0.2) is 34.9 Å². The molecule has 0 spiro atoms. The van der Waals surface area contributed by atoms with E-state index in [1.165, 1.54) is 30.3 Å². The van der Waals surface area contributed by atoms with Gasteiger partial charge in [0.05, 0.1) is 13.2 Å². The first-order valence-electron chi connectivity index (χ1n) is 12.2. The van der Waals surface area contributed by atoms with Gasteiger partial charge in [-0.3, -0.25) is 19.2 Å². The van der Waals surface area contributed by atoms with E-state index in [2.05, 4.69) is 21.1 Å². The van der Waals surface area contributed by atoms with Crippen LogP contribution in [0, 0.1) is 35.9 Å². The van der Waals surface area contributed by atoms with Crippen molar-refractivity contribution in [3.05, 3.63) is 53.2 Å². The molecule has 38 heavy (non-hydrogen) atoms. The molecule has 0 bridgehead atoms. The zero-order valence-corrected chi connectivity index (χ0v) is 21.2. The van der Waals surface area contributed by atoms with Gasteiger partial charge in [-0.15, -0.1) is 0 Å². The third kappa shape index (κ3) is 7.86. The predicted molar refractivity (Wildman–Crippen MR) is 131 cm³/mol. The van der Waals surface area contributed by atoms with E-state index in [4.69, 9.17) is 9.26 Å². The Morgan fingerprint density at radius 1 is 1.29 bits per heavy atom. The van der Waals surface area contributed by atoms with E-state index in [0.717, 1.165) is 13.5 Å². The molecule has 1 unspecified atom stereocenters. The van der Waals surface area contributed by atoms with Crippen LogP contribution in [0.1, 0.15) is 47.5 Å². The minimum absolute atomic E-state index is 0.0179. The van der Waals surface area contributed by atoms with Crippen molar-refractivity contribution in [3.63, 3.8) is 0 Å². The molecule has 0 aliphatic carbocycles. The van der Waals surface area contributed by atoms with E-state index in [0.29, 0.717) is 24.3 Å². The number of carbonyl (C=O) groups is 4. The molecule has 1 fully saturated rings. The van der Waals surface area contributed by atoms with E-state index in [9.17, 15) is 28.8 Å². The van der Waals surface area contributed by atoms with Crippen LogP contribution >= 0.6 is 0 Å². The summed E-state index contributed by atoms with van der Waals surface area (Å²) in [5, 5.41) is 21.4. The SMILES string of the molecule is COC(=O)C(C#N)C[C@H](C[C@@H]1CCCNC1=O)NC(=O)[C@H](Cc1ccc(F)cc1)NC(=O)c1cc(C)on1. The van der Waals surface area contributed by atoms with Gasteiger partial charge in [0, 0.05) is 31.0 Å². The summed E-state index contributed by atoms with van der Waals surface area (Å²) in [6, 6.07) is 6.91. The lowest BCUT2D eigenvalue weighted by Gasteiger charge is -2.29. The average molecular weight is 528 g/mol. The molecule has 12 heteroatoms. The lowest BCUT2D eigenvalue weighted by Crippen LogP contribution is -2.52. The number of piperidine rings is 1. The summed E-state index contributed by atoms with van der Waals surface area (Å²) in [6.45, 7) is 2.17. The molecule has 11 nitrogen and oxygen atoms in total. The summed E-state index contributed by atoms with van der Waals surface area (Å²) in [7, 11) is 1.16. The molecule has 1 aromatic heterocycles. The highest BCUT2D eigenvalue weighted by atomic mass is 19.1. The number of amides is 3. The van der Waals surface area contributed by atoms with Crippen LogP contribution in [0.4, 0.5) is 4.39 Å². The number of esters is 1. The molecule has 0 radical (unpaired) electrons. The van der Waals surface area contributed by atoms with Gasteiger partial charge < -0.3 is 25.2 Å². The van der Waals surface area contributed by atoms with Crippen LogP contribution < -0.4 is 16.0 Å². The van der Waals surface area contributed by atoms with E-state index < -0.39 is 47.5 Å². The smallest absolute Gasteiger partial charge is 0.323 e. The fourth-order valence-corrected chi connectivity index (χ4v) is 4.32. The Bertz CT molecular complexity index is 1190. The van der Waals surface area contributed by atoms with Gasteiger partial charge in [-0.1, -0.05) is 17.3 Å². The Kier molecular flexibility index (Phi) is 9.92. The molecule has 3 amide bonds. The number of ether oxygens (including phenoxy) is 1. The van der Waals surface area contributed by atoms with Gasteiger partial charge in [0.15, 0.2) is 5.69 Å². The Hall–Kier alpha value is -4.27. The molecule has 1 aliphatic heterocycles. The van der Waals surface area contributed by atoms with Crippen LogP contribution in [0.2, 0.25) is 0 Å². The van der Waals surface area contributed by atoms with Gasteiger partial charge in [0.1, 0.15) is 23.5 Å². The number of halogens is 1. The van der Waals surface area contributed by atoms with Crippen molar-refractivity contribution in [1.29, 1.82) is 5.26 Å². The normalized spacial score (nSPS) is 17.3. The van der Waals surface area contributed by atoms with Crippen molar-refractivity contribution >= 4 is 23.7 Å². The Morgan fingerprint density at radius 3 is 2.63 bits per heavy atom. The number of nitrogens with zero attached hydrogens (tertiary/aromatic N) is 2. The molecule has 0 saturated carbocycles. The van der Waals surface area contributed by atoms with Crippen molar-refractivity contribution < 1.29 is 32.8 Å². The minimum Gasteiger partial charge on any atom is -0.468 e. The average Bonchev–Trinajstić information content (AvgIpc) is 3.35. The number of rotatable bonds is 11. The van der Waals surface area contributed by atoms with Gasteiger partial charge in [-0.2, -0.15) is 5.26 Å². The number of benzene rings is 1. The van der Waals surface area contributed by atoms with Crippen LogP contribution in [-0.2, 0) is 25.5 Å². The summed E-state index contributed by atoms with van der Waals surface area (Å²) >= 11 is 0. The number of aromatic nitrogens is 1. The van der Waals surface area contributed by atoms with Crippen LogP contribution in [-0.4, -0.2) is 54.6 Å². The van der Waals surface area contributed by atoms with Crippen molar-refractivity contribution in [2.75, 3.05) is 13.7 Å². The van der Waals surface area contributed by atoms with Crippen molar-refractivity contribution in [2.24, 2.45) is 11.8 Å². The fourth-order valence-electron chi connectivity index (χ4n) is 4.32. The highest BCUT2D eigenvalue weighted by Gasteiger charge is 2.32. The van der Waals surface area contributed by atoms with Gasteiger partial charge in [-0.05, 0) is 50.3 Å². The maximum atomic E-state index is 13.5. The standard InChI is InChI=1S/C26H30FN5O6/c1-15-10-22(32-38-15)25(35)31-21(11-16-5-7-19(27)8-6-16)24(34)30-20(13-18(14-28)26(36)37-2)12-17-4-3-9-29-23(17)33/h5-8,10,17-18,20-21H,3-4,9,11-13H2,1-2H3,(H,29,33)(H,30,34)(H,31,35)/t17-,18?,20-,21-/m0/s1. The molecule has 1 saturated heterocycles. The number of carbonyl (C=O) groups excluding carboxylic acids is 4. The number of hydrogen-bond donors (Lipinski definition) is 3. The van der Waals surface area contributed by atoms with Crippen LogP contribution in [0.5, 0.6) is 0 Å². The summed E-state index contributed by atoms with van der Waals surface area (Å²) in [5.41, 5.74) is 0.556. The first-order chi connectivity index (χ1) is 18.2. The summed E-state index contributed by atoms with van der Waals surface area (Å²) in [5.74, 6) is -3.81. The Labute approximate surface area is 219 Å².